The van der Waals surface area contributed by atoms with E-state index in [1.807, 2.05) is 6.92 Å². The van der Waals surface area contributed by atoms with E-state index < -0.39 is 5.60 Å². The third kappa shape index (κ3) is 3.38. The molecule has 1 aliphatic rings. The quantitative estimate of drug-likeness (QED) is 0.606. The van der Waals surface area contributed by atoms with E-state index in [0.29, 0.717) is 6.54 Å². The van der Waals surface area contributed by atoms with E-state index in [-0.39, 0.29) is 18.5 Å². The van der Waals surface area contributed by atoms with Gasteiger partial charge in [0.05, 0.1) is 11.7 Å². The molecule has 2 atom stereocenters. The molecule has 1 saturated heterocycles. The van der Waals surface area contributed by atoms with Crippen molar-refractivity contribution >= 4 is 12.4 Å². The maximum absolute atomic E-state index is 9.53. The van der Waals surface area contributed by atoms with Crippen molar-refractivity contribution in [2.75, 3.05) is 20.2 Å². The number of hydrogen-bond donors (Lipinski definition) is 2. The molecule has 0 bridgehead atoms. The summed E-state index contributed by atoms with van der Waals surface area (Å²) in [5.41, 5.74) is -0.584. The number of ether oxygens (including phenoxy) is 1. The lowest BCUT2D eigenvalue weighted by molar-refractivity contribution is -0.0349. The van der Waals surface area contributed by atoms with Gasteiger partial charge in [-0.05, 0) is 6.92 Å². The summed E-state index contributed by atoms with van der Waals surface area (Å²) in [6.07, 6.45) is 0.903. The number of aliphatic hydroxyl groups is 1. The molecule has 2 N–H and O–H groups in total. The van der Waals surface area contributed by atoms with Gasteiger partial charge in [-0.15, -0.1) is 12.4 Å². The average Bonchev–Trinajstić information content (AvgIpc) is 1.86. The molecule has 0 unspecified atom stereocenters. The Morgan fingerprint density at radius 1 is 1.64 bits per heavy atom. The van der Waals surface area contributed by atoms with Crippen molar-refractivity contribution in [2.45, 2.75) is 25.0 Å². The molecule has 0 aliphatic carbocycles. The fourth-order valence-electron chi connectivity index (χ4n) is 1.30. The fourth-order valence-corrected chi connectivity index (χ4v) is 1.30. The predicted molar refractivity (Wildman–Crippen MR) is 46.2 cm³/mol. The second-order valence-electron chi connectivity index (χ2n) is 3.19. The van der Waals surface area contributed by atoms with E-state index in [4.69, 9.17) is 4.74 Å². The summed E-state index contributed by atoms with van der Waals surface area (Å²) in [5.74, 6) is 0. The molecular formula is C7H16ClNO2. The van der Waals surface area contributed by atoms with Crippen molar-refractivity contribution in [3.63, 3.8) is 0 Å². The van der Waals surface area contributed by atoms with Crippen molar-refractivity contribution in [3.05, 3.63) is 0 Å². The van der Waals surface area contributed by atoms with Gasteiger partial charge in [0.2, 0.25) is 0 Å². The maximum atomic E-state index is 9.53. The van der Waals surface area contributed by atoms with E-state index in [2.05, 4.69) is 5.32 Å². The van der Waals surface area contributed by atoms with Gasteiger partial charge in [-0.3, -0.25) is 0 Å². The molecule has 3 nitrogen and oxygen atoms in total. The Morgan fingerprint density at radius 2 is 2.27 bits per heavy atom. The van der Waals surface area contributed by atoms with Crippen LogP contribution in [0.3, 0.4) is 0 Å². The topological polar surface area (TPSA) is 41.5 Å². The zero-order valence-electron chi connectivity index (χ0n) is 6.96. The van der Waals surface area contributed by atoms with Crippen LogP contribution in [0.5, 0.6) is 0 Å². The molecule has 1 rings (SSSR count). The van der Waals surface area contributed by atoms with Crippen LogP contribution >= 0.6 is 12.4 Å². The first-order valence-corrected chi connectivity index (χ1v) is 3.60. The first-order chi connectivity index (χ1) is 4.64. The van der Waals surface area contributed by atoms with Crippen molar-refractivity contribution in [3.8, 4) is 0 Å². The van der Waals surface area contributed by atoms with Gasteiger partial charge in [0, 0.05) is 26.6 Å². The second kappa shape index (κ2) is 4.26. The highest BCUT2D eigenvalue weighted by Gasteiger charge is 2.29. The monoisotopic (exact) mass is 181 g/mol. The molecule has 1 heterocycles. The highest BCUT2D eigenvalue weighted by Crippen LogP contribution is 2.16. The smallest absolute Gasteiger partial charge is 0.0768 e. The predicted octanol–water partition coefficient (Wildman–Crippen LogP) is 0.168. The lowest BCUT2D eigenvalue weighted by Gasteiger charge is -2.33. The van der Waals surface area contributed by atoms with Crippen LogP contribution in [0.15, 0.2) is 0 Å². The Hall–Kier alpha value is 0.170. The first-order valence-electron chi connectivity index (χ1n) is 3.60. The van der Waals surface area contributed by atoms with Crippen LogP contribution in [-0.4, -0.2) is 37.0 Å². The van der Waals surface area contributed by atoms with Crippen LogP contribution in [0, 0.1) is 0 Å². The lowest BCUT2D eigenvalue weighted by atomic mass is 9.95. The average molecular weight is 182 g/mol. The van der Waals surface area contributed by atoms with Crippen LogP contribution in [0.1, 0.15) is 13.3 Å². The molecule has 0 saturated carbocycles. The number of nitrogens with one attached hydrogen (secondary N) is 1. The number of rotatable bonds is 1. The zero-order chi connectivity index (χ0) is 7.61. The number of methoxy groups -OCH3 is 1. The summed E-state index contributed by atoms with van der Waals surface area (Å²) in [4.78, 5) is 0. The summed E-state index contributed by atoms with van der Waals surface area (Å²) < 4.78 is 5.10. The van der Waals surface area contributed by atoms with Crippen molar-refractivity contribution < 1.29 is 9.84 Å². The molecule has 68 valence electrons. The van der Waals surface area contributed by atoms with Crippen LogP contribution in [0.25, 0.3) is 0 Å². The number of piperidine rings is 1. The van der Waals surface area contributed by atoms with E-state index in [9.17, 15) is 5.11 Å². The highest BCUT2D eigenvalue weighted by molar-refractivity contribution is 5.85. The number of hydrogen-bond acceptors (Lipinski definition) is 3. The van der Waals surface area contributed by atoms with Gasteiger partial charge in [-0.2, -0.15) is 0 Å². The van der Waals surface area contributed by atoms with Gasteiger partial charge < -0.3 is 15.2 Å². The zero-order valence-corrected chi connectivity index (χ0v) is 7.78. The Labute approximate surface area is 73.5 Å². The number of halogens is 1. The molecule has 0 amide bonds. The maximum Gasteiger partial charge on any atom is 0.0768 e. The lowest BCUT2D eigenvalue weighted by Crippen LogP contribution is -2.50. The molecule has 0 aromatic heterocycles. The van der Waals surface area contributed by atoms with E-state index in [0.717, 1.165) is 13.0 Å². The van der Waals surface area contributed by atoms with E-state index >= 15 is 0 Å². The highest BCUT2D eigenvalue weighted by atomic mass is 35.5. The van der Waals surface area contributed by atoms with Gasteiger partial charge in [-0.1, -0.05) is 0 Å². The molecule has 0 radical (unpaired) electrons. The Bertz CT molecular complexity index is 119. The Morgan fingerprint density at radius 3 is 2.64 bits per heavy atom. The first kappa shape index (κ1) is 11.2. The molecule has 0 aromatic carbocycles. The minimum Gasteiger partial charge on any atom is -0.389 e. The molecular weight excluding hydrogens is 166 g/mol. The molecule has 0 spiro atoms. The van der Waals surface area contributed by atoms with Crippen molar-refractivity contribution in [1.29, 1.82) is 0 Å². The summed E-state index contributed by atoms with van der Waals surface area (Å²) >= 11 is 0. The van der Waals surface area contributed by atoms with Crippen LogP contribution in [-0.2, 0) is 4.74 Å². The summed E-state index contributed by atoms with van der Waals surface area (Å²) in [7, 11) is 1.67. The summed E-state index contributed by atoms with van der Waals surface area (Å²) in [6, 6.07) is 0. The third-order valence-electron chi connectivity index (χ3n) is 1.88. The Balaban J connectivity index is 0.000001000. The molecule has 4 heteroatoms. The largest absolute Gasteiger partial charge is 0.389 e. The minimum atomic E-state index is -0.584. The van der Waals surface area contributed by atoms with Crippen LogP contribution in [0.4, 0.5) is 0 Å². The van der Waals surface area contributed by atoms with Gasteiger partial charge in [-0.25, -0.2) is 0 Å². The van der Waals surface area contributed by atoms with E-state index in [1.165, 1.54) is 0 Å². The minimum absolute atomic E-state index is 0. The Kier molecular flexibility index (Phi) is 4.32. The molecule has 1 fully saturated rings. The molecule has 11 heavy (non-hydrogen) atoms. The molecule has 0 aromatic rings. The van der Waals surface area contributed by atoms with Gasteiger partial charge in [0.1, 0.15) is 0 Å². The van der Waals surface area contributed by atoms with Crippen LogP contribution in [0.2, 0.25) is 0 Å². The van der Waals surface area contributed by atoms with Crippen molar-refractivity contribution in [2.24, 2.45) is 0 Å². The summed E-state index contributed by atoms with van der Waals surface area (Å²) in [6.45, 7) is 3.35. The van der Waals surface area contributed by atoms with Gasteiger partial charge >= 0.3 is 0 Å². The van der Waals surface area contributed by atoms with Gasteiger partial charge in [0.25, 0.3) is 0 Å². The van der Waals surface area contributed by atoms with Gasteiger partial charge in [0.15, 0.2) is 0 Å². The summed E-state index contributed by atoms with van der Waals surface area (Å²) in [5, 5.41) is 12.6. The molecule has 1 aliphatic heterocycles. The van der Waals surface area contributed by atoms with Crippen LogP contribution < -0.4 is 5.32 Å². The standard InChI is InChI=1S/C7H15NO2.ClH/c1-7(9)3-6(10-2)4-8-5-7;/h6,8-9H,3-5H2,1-2H3;1H/t6-,7+;/m0./s1. The number of β-amino-alcohol motifs (C(OH)–C–C–N with tert-alkyl or cyclic N) is 1. The fraction of sp³-hybridized carbons (Fsp3) is 1.00. The second-order valence-corrected chi connectivity index (χ2v) is 3.19. The third-order valence-corrected chi connectivity index (χ3v) is 1.88. The normalized spacial score (nSPS) is 37.9. The van der Waals surface area contributed by atoms with Crippen molar-refractivity contribution in [1.82, 2.24) is 5.32 Å². The SMILES string of the molecule is CO[C@@H]1CNC[C@](C)(O)C1.Cl. The van der Waals surface area contributed by atoms with E-state index in [1.54, 1.807) is 7.11 Å².